The lowest BCUT2D eigenvalue weighted by Gasteiger charge is -2.14. The minimum Gasteiger partial charge on any atom is -0.415 e. The second kappa shape index (κ2) is 5.57. The Kier molecular flexibility index (Phi) is 4.68. The first-order valence-electron chi connectivity index (χ1n) is 4.89. The molecule has 15 heavy (non-hydrogen) atoms. The van der Waals surface area contributed by atoms with Gasteiger partial charge in [-0.3, -0.25) is 0 Å². The normalized spacial score (nSPS) is 13.9. The van der Waals surface area contributed by atoms with E-state index in [-0.39, 0.29) is 9.76 Å². The fourth-order valence-corrected chi connectivity index (χ4v) is 3.12. The molecule has 0 bridgehead atoms. The SMILES string of the molecule is CC(C[Si]O[Si](C)(O)O)c1ccccc1. The molecule has 0 aliphatic heterocycles. The Balaban J connectivity index is 2.34. The van der Waals surface area contributed by atoms with E-state index in [0.717, 1.165) is 6.04 Å². The highest BCUT2D eigenvalue weighted by atomic mass is 28.4. The largest absolute Gasteiger partial charge is 0.481 e. The van der Waals surface area contributed by atoms with E-state index in [2.05, 4.69) is 19.1 Å². The summed E-state index contributed by atoms with van der Waals surface area (Å²) in [4.78, 5) is 18.2. The lowest BCUT2D eigenvalue weighted by Crippen LogP contribution is -2.36. The maximum atomic E-state index is 9.08. The van der Waals surface area contributed by atoms with E-state index < -0.39 is 8.80 Å². The van der Waals surface area contributed by atoms with Gasteiger partial charge < -0.3 is 13.7 Å². The summed E-state index contributed by atoms with van der Waals surface area (Å²) < 4.78 is 5.00. The Labute approximate surface area is 94.0 Å². The average molecular weight is 240 g/mol. The molecule has 0 spiro atoms. The average Bonchev–Trinajstić information content (AvgIpc) is 2.17. The van der Waals surface area contributed by atoms with Crippen LogP contribution in [0.15, 0.2) is 30.3 Å². The van der Waals surface area contributed by atoms with Crippen molar-refractivity contribution in [2.45, 2.75) is 25.4 Å². The van der Waals surface area contributed by atoms with Crippen LogP contribution in [0.3, 0.4) is 0 Å². The standard InChI is InChI=1S/C10H16O3Si2/c1-9(8-14-13-15(2,11)12)10-6-4-3-5-7-10/h3-7,9,11-12H,8H2,1-2H3. The van der Waals surface area contributed by atoms with Crippen LogP contribution in [-0.4, -0.2) is 28.2 Å². The van der Waals surface area contributed by atoms with E-state index in [1.807, 2.05) is 18.2 Å². The van der Waals surface area contributed by atoms with Gasteiger partial charge in [0.05, 0.1) is 0 Å². The van der Waals surface area contributed by atoms with Crippen LogP contribution in [0.4, 0.5) is 0 Å². The quantitative estimate of drug-likeness (QED) is 0.765. The minimum absolute atomic E-state index is 0.151. The van der Waals surface area contributed by atoms with E-state index in [1.54, 1.807) is 0 Å². The van der Waals surface area contributed by atoms with Crippen molar-refractivity contribution in [1.82, 2.24) is 0 Å². The molecule has 5 heteroatoms. The summed E-state index contributed by atoms with van der Waals surface area (Å²) in [5.41, 5.74) is 1.26. The smallest absolute Gasteiger partial charge is 0.415 e. The third-order valence-electron chi connectivity index (χ3n) is 2.02. The second-order valence-corrected chi connectivity index (χ2v) is 7.08. The van der Waals surface area contributed by atoms with Crippen LogP contribution in [0.1, 0.15) is 18.4 Å². The van der Waals surface area contributed by atoms with Crippen LogP contribution in [-0.2, 0) is 4.12 Å². The van der Waals surface area contributed by atoms with Gasteiger partial charge in [-0.25, -0.2) is 0 Å². The van der Waals surface area contributed by atoms with Gasteiger partial charge in [0.2, 0.25) is 9.76 Å². The van der Waals surface area contributed by atoms with Gasteiger partial charge in [0.25, 0.3) is 0 Å². The molecule has 1 aromatic carbocycles. The molecule has 3 nitrogen and oxygen atoms in total. The third kappa shape index (κ3) is 5.24. The fraction of sp³-hybridized carbons (Fsp3) is 0.400. The molecule has 0 aliphatic rings. The van der Waals surface area contributed by atoms with Crippen molar-refractivity contribution in [3.8, 4) is 0 Å². The van der Waals surface area contributed by atoms with Crippen LogP contribution < -0.4 is 0 Å². The van der Waals surface area contributed by atoms with Crippen molar-refractivity contribution in [2.24, 2.45) is 0 Å². The highest BCUT2D eigenvalue weighted by molar-refractivity contribution is 6.62. The Morgan fingerprint density at radius 2 is 1.93 bits per heavy atom. The van der Waals surface area contributed by atoms with Gasteiger partial charge in [0, 0.05) is 6.55 Å². The number of hydrogen-bond donors (Lipinski definition) is 2. The van der Waals surface area contributed by atoms with Crippen molar-refractivity contribution >= 4 is 18.6 Å². The van der Waals surface area contributed by atoms with Gasteiger partial charge in [-0.15, -0.1) is 0 Å². The van der Waals surface area contributed by atoms with E-state index in [9.17, 15) is 0 Å². The maximum absolute atomic E-state index is 9.08. The monoisotopic (exact) mass is 240 g/mol. The highest BCUT2D eigenvalue weighted by Gasteiger charge is 2.23. The van der Waals surface area contributed by atoms with E-state index in [4.69, 9.17) is 13.7 Å². The molecule has 0 aromatic heterocycles. The van der Waals surface area contributed by atoms with Crippen molar-refractivity contribution < 1.29 is 13.7 Å². The first kappa shape index (κ1) is 12.6. The minimum atomic E-state index is -3.31. The molecule has 1 aromatic rings. The van der Waals surface area contributed by atoms with Crippen LogP contribution in [0.2, 0.25) is 12.6 Å². The number of hydrogen-bond acceptors (Lipinski definition) is 3. The van der Waals surface area contributed by atoms with Gasteiger partial charge in [0.1, 0.15) is 0 Å². The van der Waals surface area contributed by atoms with Gasteiger partial charge in [-0.2, -0.15) is 0 Å². The Bertz CT molecular complexity index is 284. The highest BCUT2D eigenvalue weighted by Crippen LogP contribution is 2.18. The molecular formula is C10H16O3Si2. The predicted molar refractivity (Wildman–Crippen MR) is 62.6 cm³/mol. The molecule has 0 saturated carbocycles. The van der Waals surface area contributed by atoms with Gasteiger partial charge in [-0.05, 0) is 17.5 Å². The molecule has 0 heterocycles. The van der Waals surface area contributed by atoms with Crippen LogP contribution >= 0.6 is 0 Å². The maximum Gasteiger partial charge on any atom is 0.481 e. The van der Waals surface area contributed by atoms with Crippen molar-refractivity contribution in [3.05, 3.63) is 35.9 Å². The number of rotatable bonds is 5. The van der Waals surface area contributed by atoms with Crippen LogP contribution in [0.25, 0.3) is 0 Å². The van der Waals surface area contributed by atoms with Gasteiger partial charge in [-0.1, -0.05) is 37.3 Å². The summed E-state index contributed by atoms with van der Waals surface area (Å²) in [5, 5.41) is 0. The Morgan fingerprint density at radius 1 is 1.33 bits per heavy atom. The zero-order chi connectivity index (χ0) is 11.3. The first-order chi connectivity index (χ1) is 6.99. The van der Waals surface area contributed by atoms with Crippen LogP contribution in [0.5, 0.6) is 0 Å². The molecule has 0 fully saturated rings. The fourth-order valence-electron chi connectivity index (χ4n) is 1.20. The third-order valence-corrected chi connectivity index (χ3v) is 4.93. The summed E-state index contributed by atoms with van der Waals surface area (Å²) in [6, 6.07) is 11.0. The molecule has 82 valence electrons. The molecule has 2 radical (unpaired) electrons. The zero-order valence-corrected chi connectivity index (χ0v) is 11.0. The van der Waals surface area contributed by atoms with E-state index >= 15 is 0 Å². The topological polar surface area (TPSA) is 49.7 Å². The summed E-state index contributed by atoms with van der Waals surface area (Å²) in [6.07, 6.45) is 0. The van der Waals surface area contributed by atoms with Crippen molar-refractivity contribution in [3.63, 3.8) is 0 Å². The van der Waals surface area contributed by atoms with Gasteiger partial charge >= 0.3 is 8.80 Å². The molecule has 0 saturated heterocycles. The van der Waals surface area contributed by atoms with Crippen molar-refractivity contribution in [2.75, 3.05) is 0 Å². The molecule has 1 atom stereocenters. The molecule has 1 rings (SSSR count). The molecular weight excluding hydrogens is 224 g/mol. The summed E-state index contributed by atoms with van der Waals surface area (Å²) in [7, 11) is -3.16. The second-order valence-electron chi connectivity index (χ2n) is 3.70. The Hall–Kier alpha value is -0.466. The van der Waals surface area contributed by atoms with E-state index in [1.165, 1.54) is 12.1 Å². The summed E-state index contributed by atoms with van der Waals surface area (Å²) in [5.74, 6) is 0.390. The summed E-state index contributed by atoms with van der Waals surface area (Å²) in [6.45, 7) is 3.46. The lowest BCUT2D eigenvalue weighted by molar-refractivity contribution is 0.255. The zero-order valence-electron chi connectivity index (χ0n) is 8.97. The number of benzene rings is 1. The van der Waals surface area contributed by atoms with Crippen LogP contribution in [0, 0.1) is 0 Å². The lowest BCUT2D eigenvalue weighted by atomic mass is 10.0. The molecule has 2 N–H and O–H groups in total. The van der Waals surface area contributed by atoms with Gasteiger partial charge in [0.15, 0.2) is 0 Å². The predicted octanol–water partition coefficient (Wildman–Crippen LogP) is 1.40. The molecule has 0 aliphatic carbocycles. The van der Waals surface area contributed by atoms with Crippen molar-refractivity contribution in [1.29, 1.82) is 0 Å². The first-order valence-corrected chi connectivity index (χ1v) is 8.31. The summed E-state index contributed by atoms with van der Waals surface area (Å²) >= 11 is 0. The molecule has 1 unspecified atom stereocenters. The Morgan fingerprint density at radius 3 is 2.47 bits per heavy atom. The van der Waals surface area contributed by atoms with E-state index in [0.29, 0.717) is 5.92 Å². The molecule has 0 amide bonds.